The zero-order chi connectivity index (χ0) is 31.4. The standard InChI is InChI=1S/C34H32O8P/c1-19-17-20(2)28(21(3)18-19)34(37)43(38)27-16-8-11-22(32(35)30-23(39-4)12-9-13-24(30)40-5)29(27)33(36)31-25(41-6)14-10-15-26(31)42-7/h8-18H,1-7H3/q+1. The van der Waals surface area contributed by atoms with Crippen molar-refractivity contribution in [1.82, 2.24) is 0 Å². The monoisotopic (exact) mass is 599 g/mol. The van der Waals surface area contributed by atoms with Crippen LogP contribution in [0.4, 0.5) is 0 Å². The summed E-state index contributed by atoms with van der Waals surface area (Å²) in [5.41, 5.74) is 1.73. The molecular formula is C34H32O8P+. The number of carbonyl (C=O) groups excluding carboxylic acids is 3. The Morgan fingerprint density at radius 2 is 0.977 bits per heavy atom. The summed E-state index contributed by atoms with van der Waals surface area (Å²) < 4.78 is 36.1. The van der Waals surface area contributed by atoms with E-state index in [9.17, 15) is 18.9 Å². The van der Waals surface area contributed by atoms with Crippen LogP contribution in [-0.4, -0.2) is 45.5 Å². The Kier molecular flexibility index (Phi) is 9.42. The second kappa shape index (κ2) is 13.0. The summed E-state index contributed by atoms with van der Waals surface area (Å²) in [5.74, 6) is -0.523. The second-order valence-electron chi connectivity index (χ2n) is 9.81. The zero-order valence-electron chi connectivity index (χ0n) is 25.1. The third-order valence-corrected chi connectivity index (χ3v) is 8.52. The Hall–Kier alpha value is -4.81. The molecule has 4 aromatic rings. The molecule has 0 saturated heterocycles. The summed E-state index contributed by atoms with van der Waals surface area (Å²) in [7, 11) is 2.76. The lowest BCUT2D eigenvalue weighted by molar-refractivity contribution is 0.0997. The highest BCUT2D eigenvalue weighted by Gasteiger charge is 2.42. The normalized spacial score (nSPS) is 11.0. The largest absolute Gasteiger partial charge is 0.496 e. The van der Waals surface area contributed by atoms with Gasteiger partial charge in [-0.2, -0.15) is 0 Å². The number of rotatable bonds is 11. The van der Waals surface area contributed by atoms with Gasteiger partial charge in [0.25, 0.3) is 0 Å². The molecule has 0 aliphatic heterocycles. The highest BCUT2D eigenvalue weighted by Crippen LogP contribution is 2.38. The molecule has 4 rings (SSSR count). The topological polar surface area (TPSA) is 105 Å². The SMILES string of the molecule is COc1cccc(OC)c1C(=O)c1cccc([P+](=O)C(=O)c2c(C)cc(C)cc2C)c1C(=O)c1c(OC)cccc1OC. The summed E-state index contributed by atoms with van der Waals surface area (Å²) in [6.07, 6.45) is 0. The van der Waals surface area contributed by atoms with Crippen LogP contribution >= 0.6 is 7.80 Å². The van der Waals surface area contributed by atoms with Crippen molar-refractivity contribution in [3.05, 3.63) is 111 Å². The molecule has 0 saturated carbocycles. The Labute approximate surface area is 251 Å². The first kappa shape index (κ1) is 31.1. The predicted molar refractivity (Wildman–Crippen MR) is 165 cm³/mol. The fourth-order valence-electron chi connectivity index (χ4n) is 5.28. The summed E-state index contributed by atoms with van der Waals surface area (Å²) in [4.78, 5) is 42.6. The van der Waals surface area contributed by atoms with E-state index in [1.165, 1.54) is 46.6 Å². The lowest BCUT2D eigenvalue weighted by Gasteiger charge is -2.16. The molecule has 0 bridgehead atoms. The van der Waals surface area contributed by atoms with E-state index in [1.807, 2.05) is 19.1 Å². The summed E-state index contributed by atoms with van der Waals surface area (Å²) in [6, 6.07) is 17.7. The molecule has 0 spiro atoms. The molecule has 0 aromatic heterocycles. The minimum absolute atomic E-state index is 0.0135. The Balaban J connectivity index is 2.04. The number of benzene rings is 4. The maximum absolute atomic E-state index is 14.5. The number of carbonyl (C=O) groups is 3. The zero-order valence-corrected chi connectivity index (χ0v) is 26.0. The van der Waals surface area contributed by atoms with Crippen molar-refractivity contribution >= 4 is 30.2 Å². The maximum atomic E-state index is 14.5. The van der Waals surface area contributed by atoms with E-state index in [4.69, 9.17) is 18.9 Å². The van der Waals surface area contributed by atoms with Crippen LogP contribution in [0.2, 0.25) is 0 Å². The average molecular weight is 600 g/mol. The van der Waals surface area contributed by atoms with Crippen LogP contribution in [-0.2, 0) is 4.57 Å². The minimum Gasteiger partial charge on any atom is -0.496 e. The van der Waals surface area contributed by atoms with E-state index >= 15 is 0 Å². The summed E-state index contributed by atoms with van der Waals surface area (Å²) in [6.45, 7) is 5.46. The lowest BCUT2D eigenvalue weighted by atomic mass is 9.91. The van der Waals surface area contributed by atoms with E-state index in [0.29, 0.717) is 16.7 Å². The number of methoxy groups -OCH3 is 4. The van der Waals surface area contributed by atoms with Crippen LogP contribution < -0.4 is 24.3 Å². The van der Waals surface area contributed by atoms with Crippen molar-refractivity contribution in [2.45, 2.75) is 20.8 Å². The van der Waals surface area contributed by atoms with Crippen molar-refractivity contribution in [2.75, 3.05) is 28.4 Å². The molecule has 0 radical (unpaired) electrons. The van der Waals surface area contributed by atoms with Crippen LogP contribution in [0.3, 0.4) is 0 Å². The van der Waals surface area contributed by atoms with Gasteiger partial charge in [0.15, 0.2) is 0 Å². The quantitative estimate of drug-likeness (QED) is 0.144. The fraction of sp³-hybridized carbons (Fsp3) is 0.206. The molecule has 220 valence electrons. The predicted octanol–water partition coefficient (Wildman–Crippen LogP) is 6.40. The number of ether oxygens (including phenoxy) is 4. The molecule has 0 amide bonds. The minimum atomic E-state index is -2.87. The highest BCUT2D eigenvalue weighted by molar-refractivity contribution is 7.71. The van der Waals surface area contributed by atoms with Gasteiger partial charge < -0.3 is 18.9 Å². The molecule has 1 unspecified atom stereocenters. The van der Waals surface area contributed by atoms with Gasteiger partial charge in [-0.25, -0.2) is 4.79 Å². The van der Waals surface area contributed by atoms with E-state index < -0.39 is 24.9 Å². The van der Waals surface area contributed by atoms with Crippen molar-refractivity contribution in [2.24, 2.45) is 0 Å². The number of hydrogen-bond donors (Lipinski definition) is 0. The number of ketones is 2. The van der Waals surface area contributed by atoms with Gasteiger partial charge in [0.2, 0.25) is 16.9 Å². The van der Waals surface area contributed by atoms with Crippen LogP contribution in [0.15, 0.2) is 66.7 Å². The summed E-state index contributed by atoms with van der Waals surface area (Å²) in [5, 5.41) is -0.0861. The molecule has 4 aromatic carbocycles. The van der Waals surface area contributed by atoms with Crippen molar-refractivity contribution in [3.8, 4) is 23.0 Å². The fourth-order valence-corrected chi connectivity index (χ4v) is 6.70. The van der Waals surface area contributed by atoms with Gasteiger partial charge in [0, 0.05) is 5.56 Å². The lowest BCUT2D eigenvalue weighted by Crippen LogP contribution is -2.23. The van der Waals surface area contributed by atoms with Crippen LogP contribution in [0.5, 0.6) is 23.0 Å². The molecule has 9 heteroatoms. The van der Waals surface area contributed by atoms with Crippen molar-refractivity contribution in [1.29, 1.82) is 0 Å². The molecule has 0 aliphatic rings. The maximum Gasteiger partial charge on any atom is 0.459 e. The van der Waals surface area contributed by atoms with E-state index in [-0.39, 0.29) is 50.6 Å². The molecule has 1 atom stereocenters. The van der Waals surface area contributed by atoms with E-state index in [0.717, 1.165) is 5.56 Å². The molecule has 0 fully saturated rings. The van der Waals surface area contributed by atoms with Gasteiger partial charge in [-0.1, -0.05) is 40.5 Å². The molecular weight excluding hydrogens is 567 g/mol. The third kappa shape index (κ3) is 5.79. The third-order valence-electron chi connectivity index (χ3n) is 7.12. The molecule has 8 nitrogen and oxygen atoms in total. The van der Waals surface area contributed by atoms with Gasteiger partial charge in [-0.05, 0) is 68.3 Å². The van der Waals surface area contributed by atoms with Gasteiger partial charge >= 0.3 is 13.3 Å². The van der Waals surface area contributed by atoms with Crippen LogP contribution in [0, 0.1) is 20.8 Å². The second-order valence-corrected chi connectivity index (χ2v) is 11.3. The molecule has 0 aliphatic carbocycles. The van der Waals surface area contributed by atoms with Crippen LogP contribution in [0.25, 0.3) is 0 Å². The molecule has 0 heterocycles. The first-order valence-corrected chi connectivity index (χ1v) is 14.6. The molecule has 0 N–H and O–H groups in total. The highest BCUT2D eigenvalue weighted by atomic mass is 31.1. The first-order chi connectivity index (χ1) is 20.6. The Morgan fingerprint density at radius 1 is 0.558 bits per heavy atom. The summed E-state index contributed by atoms with van der Waals surface area (Å²) >= 11 is 0. The van der Waals surface area contributed by atoms with E-state index in [1.54, 1.807) is 50.2 Å². The van der Waals surface area contributed by atoms with Crippen molar-refractivity contribution < 1.29 is 37.9 Å². The van der Waals surface area contributed by atoms with Crippen molar-refractivity contribution in [3.63, 3.8) is 0 Å². The van der Waals surface area contributed by atoms with E-state index in [2.05, 4.69) is 0 Å². The first-order valence-electron chi connectivity index (χ1n) is 13.3. The number of aryl methyl sites for hydroxylation is 3. The number of hydrogen-bond acceptors (Lipinski definition) is 8. The smallest absolute Gasteiger partial charge is 0.459 e. The Morgan fingerprint density at radius 3 is 1.42 bits per heavy atom. The van der Waals surface area contributed by atoms with Gasteiger partial charge in [-0.3, -0.25) is 9.59 Å². The Bertz CT molecular complexity index is 1710. The molecule has 43 heavy (non-hydrogen) atoms. The van der Waals surface area contributed by atoms with Gasteiger partial charge in [-0.15, -0.1) is 0 Å². The van der Waals surface area contributed by atoms with Gasteiger partial charge in [0.05, 0.1) is 39.6 Å². The van der Waals surface area contributed by atoms with Crippen LogP contribution in [0.1, 0.15) is 58.9 Å². The average Bonchev–Trinajstić information content (AvgIpc) is 3.01. The van der Waals surface area contributed by atoms with Gasteiger partial charge in [0.1, 0.15) is 34.1 Å².